The van der Waals surface area contributed by atoms with Gasteiger partial charge in [-0.1, -0.05) is 30.3 Å². The molecule has 0 saturated carbocycles. The van der Waals surface area contributed by atoms with E-state index in [-0.39, 0.29) is 11.3 Å². The van der Waals surface area contributed by atoms with Gasteiger partial charge in [-0.05, 0) is 12.1 Å². The number of methoxy groups -OCH3 is 2. The van der Waals surface area contributed by atoms with Crippen LogP contribution in [0.4, 0.5) is 0 Å². The monoisotopic (exact) mass is 339 g/mol. The van der Waals surface area contributed by atoms with E-state index in [4.69, 9.17) is 9.47 Å². The van der Waals surface area contributed by atoms with Gasteiger partial charge in [-0.3, -0.25) is 9.59 Å². The molecule has 1 fully saturated rings. The summed E-state index contributed by atoms with van der Waals surface area (Å²) >= 11 is 0. The zero-order valence-electron chi connectivity index (χ0n) is 13.8. The molecular formula is C19H17NO5. The third-order valence-corrected chi connectivity index (χ3v) is 4.07. The normalized spacial score (nSPS) is 18.7. The van der Waals surface area contributed by atoms with Gasteiger partial charge in [-0.2, -0.15) is 0 Å². The van der Waals surface area contributed by atoms with Gasteiger partial charge >= 0.3 is 0 Å². The van der Waals surface area contributed by atoms with Gasteiger partial charge in [0.05, 0.1) is 25.8 Å². The Morgan fingerprint density at radius 3 is 2.40 bits per heavy atom. The number of amides is 1. The summed E-state index contributed by atoms with van der Waals surface area (Å²) in [5.74, 6) is -0.733. The van der Waals surface area contributed by atoms with Crippen LogP contribution in [0.25, 0.3) is 5.76 Å². The Bertz CT molecular complexity index is 857. The van der Waals surface area contributed by atoms with Crippen LogP contribution >= 0.6 is 0 Å². The summed E-state index contributed by atoms with van der Waals surface area (Å²) in [6.45, 7) is 0. The number of rotatable bonds is 4. The van der Waals surface area contributed by atoms with E-state index in [1.165, 1.54) is 14.2 Å². The lowest BCUT2D eigenvalue weighted by Gasteiger charge is -2.17. The maximum Gasteiger partial charge on any atom is 0.293 e. The van der Waals surface area contributed by atoms with Crippen LogP contribution in [-0.4, -0.2) is 31.0 Å². The minimum atomic E-state index is -0.805. The summed E-state index contributed by atoms with van der Waals surface area (Å²) in [7, 11) is 3.01. The molecule has 1 aliphatic heterocycles. The fourth-order valence-corrected chi connectivity index (χ4v) is 2.81. The lowest BCUT2D eigenvalue weighted by Crippen LogP contribution is -2.21. The summed E-state index contributed by atoms with van der Waals surface area (Å²) in [5, 5.41) is 13.2. The lowest BCUT2D eigenvalue weighted by atomic mass is 9.95. The van der Waals surface area contributed by atoms with Crippen molar-refractivity contribution in [1.82, 2.24) is 5.32 Å². The van der Waals surface area contributed by atoms with Crippen molar-refractivity contribution < 1.29 is 24.2 Å². The number of aliphatic hydroxyl groups is 1. The Kier molecular flexibility index (Phi) is 4.43. The Labute approximate surface area is 144 Å². The molecule has 6 heteroatoms. The third kappa shape index (κ3) is 2.94. The third-order valence-electron chi connectivity index (χ3n) is 4.07. The predicted molar refractivity (Wildman–Crippen MR) is 91.4 cm³/mol. The predicted octanol–water partition coefficient (Wildman–Crippen LogP) is 2.41. The molecule has 3 rings (SSSR count). The van der Waals surface area contributed by atoms with Crippen molar-refractivity contribution in [2.24, 2.45) is 0 Å². The number of ketones is 1. The number of Topliss-reactive ketones (excluding diaryl/α,β-unsaturated/α-hetero) is 1. The molecule has 1 unspecified atom stereocenters. The highest BCUT2D eigenvalue weighted by Gasteiger charge is 2.40. The van der Waals surface area contributed by atoms with Gasteiger partial charge in [-0.25, -0.2) is 0 Å². The number of benzene rings is 2. The molecule has 1 aliphatic rings. The minimum absolute atomic E-state index is 0.000308. The summed E-state index contributed by atoms with van der Waals surface area (Å²) in [6, 6.07) is 12.9. The van der Waals surface area contributed by atoms with Crippen LogP contribution in [0.2, 0.25) is 0 Å². The van der Waals surface area contributed by atoms with E-state index in [9.17, 15) is 14.7 Å². The average molecular weight is 339 g/mol. The standard InChI is InChI=1S/C19H17NO5/c1-24-12-8-9-13(14(10-12)25-2)16-15(18(22)19(23)20-16)17(21)11-6-4-3-5-7-11/h3-10,16,21H,1-2H3,(H,20,23). The molecule has 2 aromatic rings. The zero-order chi connectivity index (χ0) is 18.0. The molecule has 128 valence electrons. The van der Waals surface area contributed by atoms with Crippen LogP contribution in [0, 0.1) is 0 Å². The van der Waals surface area contributed by atoms with Crippen molar-refractivity contribution >= 4 is 17.4 Å². The van der Waals surface area contributed by atoms with Crippen molar-refractivity contribution in [2.75, 3.05) is 14.2 Å². The van der Waals surface area contributed by atoms with E-state index >= 15 is 0 Å². The summed E-state index contributed by atoms with van der Waals surface area (Å²) in [5.41, 5.74) is 1.01. The van der Waals surface area contributed by atoms with Crippen molar-refractivity contribution in [2.45, 2.75) is 6.04 Å². The first-order chi connectivity index (χ1) is 12.1. The number of nitrogens with one attached hydrogen (secondary N) is 1. The summed E-state index contributed by atoms with van der Waals surface area (Å²) in [4.78, 5) is 24.3. The van der Waals surface area contributed by atoms with Crippen molar-refractivity contribution in [3.8, 4) is 11.5 Å². The van der Waals surface area contributed by atoms with Crippen molar-refractivity contribution in [3.05, 3.63) is 65.2 Å². The van der Waals surface area contributed by atoms with Crippen LogP contribution in [0.1, 0.15) is 17.2 Å². The van der Waals surface area contributed by atoms with Crippen LogP contribution in [0.5, 0.6) is 11.5 Å². The molecular weight excluding hydrogens is 322 g/mol. The summed E-state index contributed by atoms with van der Waals surface area (Å²) in [6.07, 6.45) is 0. The fraction of sp³-hybridized carbons (Fsp3) is 0.158. The highest BCUT2D eigenvalue weighted by Crippen LogP contribution is 2.38. The average Bonchev–Trinajstić information content (AvgIpc) is 2.95. The second kappa shape index (κ2) is 6.68. The number of carbonyl (C=O) groups is 2. The van der Waals surface area contributed by atoms with Gasteiger partial charge in [0.2, 0.25) is 0 Å². The van der Waals surface area contributed by atoms with Crippen LogP contribution in [-0.2, 0) is 9.59 Å². The van der Waals surface area contributed by atoms with Gasteiger partial charge in [0.1, 0.15) is 17.3 Å². The summed E-state index contributed by atoms with van der Waals surface area (Å²) < 4.78 is 10.5. The molecule has 2 aromatic carbocycles. The highest BCUT2D eigenvalue weighted by molar-refractivity contribution is 6.46. The van der Waals surface area contributed by atoms with Crippen LogP contribution in [0.15, 0.2) is 54.1 Å². The second-order valence-electron chi connectivity index (χ2n) is 5.47. The van der Waals surface area contributed by atoms with E-state index < -0.39 is 17.7 Å². The van der Waals surface area contributed by atoms with Crippen molar-refractivity contribution in [1.29, 1.82) is 0 Å². The molecule has 1 amide bonds. The molecule has 6 nitrogen and oxygen atoms in total. The smallest absolute Gasteiger partial charge is 0.293 e. The molecule has 0 radical (unpaired) electrons. The lowest BCUT2D eigenvalue weighted by molar-refractivity contribution is -0.133. The number of hydrogen-bond donors (Lipinski definition) is 2. The van der Waals surface area contributed by atoms with Gasteiger partial charge in [0, 0.05) is 17.2 Å². The highest BCUT2D eigenvalue weighted by atomic mass is 16.5. The molecule has 1 saturated heterocycles. The topological polar surface area (TPSA) is 84.9 Å². The fourth-order valence-electron chi connectivity index (χ4n) is 2.81. The molecule has 1 atom stereocenters. The van der Waals surface area contributed by atoms with Crippen LogP contribution in [0.3, 0.4) is 0 Å². The molecule has 25 heavy (non-hydrogen) atoms. The van der Waals surface area contributed by atoms with Gasteiger partial charge in [0.15, 0.2) is 0 Å². The Balaban J connectivity index is 2.15. The van der Waals surface area contributed by atoms with Gasteiger partial charge in [-0.15, -0.1) is 0 Å². The van der Waals surface area contributed by atoms with Crippen molar-refractivity contribution in [3.63, 3.8) is 0 Å². The van der Waals surface area contributed by atoms with E-state index in [1.54, 1.807) is 48.5 Å². The molecule has 0 bridgehead atoms. The maximum atomic E-state index is 12.3. The largest absolute Gasteiger partial charge is 0.507 e. The van der Waals surface area contributed by atoms with Gasteiger partial charge in [0.25, 0.3) is 11.7 Å². The maximum absolute atomic E-state index is 12.3. The minimum Gasteiger partial charge on any atom is -0.507 e. The molecule has 2 N–H and O–H groups in total. The van der Waals surface area contributed by atoms with E-state index in [1.807, 2.05) is 0 Å². The first-order valence-electron chi connectivity index (χ1n) is 7.62. The molecule has 1 heterocycles. The Morgan fingerprint density at radius 1 is 1.04 bits per heavy atom. The zero-order valence-corrected chi connectivity index (χ0v) is 13.8. The Morgan fingerprint density at radius 2 is 1.76 bits per heavy atom. The molecule has 0 aromatic heterocycles. The van der Waals surface area contributed by atoms with E-state index in [2.05, 4.69) is 5.32 Å². The van der Waals surface area contributed by atoms with Crippen LogP contribution < -0.4 is 14.8 Å². The van der Waals surface area contributed by atoms with E-state index in [0.29, 0.717) is 22.6 Å². The quantitative estimate of drug-likeness (QED) is 0.508. The number of aliphatic hydroxyl groups excluding tert-OH is 1. The number of ether oxygens (including phenoxy) is 2. The first kappa shape index (κ1) is 16.6. The Hall–Kier alpha value is -3.28. The molecule has 0 spiro atoms. The first-order valence-corrected chi connectivity index (χ1v) is 7.62. The SMILES string of the molecule is COc1ccc(C2NC(=O)C(=O)C2=C(O)c2ccccc2)c(OC)c1. The second-order valence-corrected chi connectivity index (χ2v) is 5.47. The number of carbonyl (C=O) groups excluding carboxylic acids is 2. The van der Waals surface area contributed by atoms with E-state index in [0.717, 1.165) is 0 Å². The van der Waals surface area contributed by atoms with Gasteiger partial charge < -0.3 is 19.9 Å². The number of hydrogen-bond acceptors (Lipinski definition) is 5. The molecule has 0 aliphatic carbocycles.